The highest BCUT2D eigenvalue weighted by atomic mass is 127. The van der Waals surface area contributed by atoms with Gasteiger partial charge in [0, 0.05) is 45.1 Å². The van der Waals surface area contributed by atoms with Crippen molar-refractivity contribution in [3.05, 3.63) is 18.5 Å². The minimum atomic E-state index is 0. The number of aliphatic imine (C=N–C) groups is 1. The second-order valence-electron chi connectivity index (χ2n) is 5.93. The van der Waals surface area contributed by atoms with Crippen molar-refractivity contribution in [3.8, 4) is 0 Å². The van der Waals surface area contributed by atoms with E-state index in [-0.39, 0.29) is 24.0 Å². The molecule has 0 aromatic carbocycles. The van der Waals surface area contributed by atoms with Gasteiger partial charge in [0.25, 0.3) is 0 Å². The monoisotopic (exact) mass is 434 g/mol. The van der Waals surface area contributed by atoms with Crippen molar-refractivity contribution in [2.45, 2.75) is 45.2 Å². The molecule has 1 aromatic rings. The van der Waals surface area contributed by atoms with Crippen LogP contribution in [0.5, 0.6) is 0 Å². The number of piperidine rings is 1. The molecular formula is C16H31IN6. The molecule has 1 aliphatic rings. The lowest BCUT2D eigenvalue weighted by Crippen LogP contribution is -2.42. The summed E-state index contributed by atoms with van der Waals surface area (Å²) < 4.78 is 1.91. The van der Waals surface area contributed by atoms with E-state index in [1.807, 2.05) is 24.0 Å². The van der Waals surface area contributed by atoms with Crippen molar-refractivity contribution >= 4 is 29.9 Å². The molecule has 2 N–H and O–H groups in total. The Morgan fingerprint density at radius 2 is 2.09 bits per heavy atom. The van der Waals surface area contributed by atoms with Gasteiger partial charge in [0.05, 0.1) is 6.54 Å². The minimum absolute atomic E-state index is 0. The Labute approximate surface area is 157 Å². The Hall–Kier alpha value is -0.830. The number of nitrogens with zero attached hydrogens (tertiary/aromatic N) is 4. The number of hydrogen-bond donors (Lipinski definition) is 2. The second kappa shape index (κ2) is 11.7. The Morgan fingerprint density at radius 3 is 2.78 bits per heavy atom. The van der Waals surface area contributed by atoms with E-state index in [0.717, 1.165) is 38.1 Å². The lowest BCUT2D eigenvalue weighted by Gasteiger charge is -2.33. The number of guanidine groups is 1. The standard InChI is InChI=1S/C16H30N6.HI/c1-15-7-3-4-11-21(15)12-5-8-18-16(17-2)19-10-14-22-13-6-9-20-22;/h6,9,13,15H,3-5,7-8,10-12,14H2,1-2H3,(H2,17,18,19);1H. The third-order valence-corrected chi connectivity index (χ3v) is 4.27. The Bertz CT molecular complexity index is 434. The van der Waals surface area contributed by atoms with Gasteiger partial charge in [-0.1, -0.05) is 6.42 Å². The van der Waals surface area contributed by atoms with Gasteiger partial charge in [0.15, 0.2) is 5.96 Å². The Balaban J connectivity index is 0.00000264. The summed E-state index contributed by atoms with van der Waals surface area (Å²) in [6.07, 6.45) is 9.03. The highest BCUT2D eigenvalue weighted by Gasteiger charge is 2.16. The Morgan fingerprint density at radius 1 is 1.26 bits per heavy atom. The van der Waals surface area contributed by atoms with Gasteiger partial charge >= 0.3 is 0 Å². The van der Waals surface area contributed by atoms with Gasteiger partial charge < -0.3 is 15.5 Å². The number of aromatic nitrogens is 2. The van der Waals surface area contributed by atoms with Gasteiger partial charge in [-0.2, -0.15) is 5.10 Å². The topological polar surface area (TPSA) is 57.5 Å². The number of rotatable bonds is 7. The number of nitrogens with one attached hydrogen (secondary N) is 2. The molecule has 132 valence electrons. The van der Waals surface area contributed by atoms with Gasteiger partial charge in [-0.15, -0.1) is 24.0 Å². The van der Waals surface area contributed by atoms with Gasteiger partial charge in [-0.25, -0.2) is 0 Å². The number of hydrogen-bond acceptors (Lipinski definition) is 3. The molecule has 0 saturated carbocycles. The zero-order chi connectivity index (χ0) is 15.6. The summed E-state index contributed by atoms with van der Waals surface area (Å²) in [6, 6.07) is 2.69. The summed E-state index contributed by atoms with van der Waals surface area (Å²) >= 11 is 0. The fourth-order valence-electron chi connectivity index (χ4n) is 2.92. The molecule has 1 unspecified atom stereocenters. The average Bonchev–Trinajstić information content (AvgIpc) is 3.04. The second-order valence-corrected chi connectivity index (χ2v) is 5.93. The average molecular weight is 434 g/mol. The first-order valence-corrected chi connectivity index (χ1v) is 8.45. The highest BCUT2D eigenvalue weighted by molar-refractivity contribution is 14.0. The smallest absolute Gasteiger partial charge is 0.191 e. The van der Waals surface area contributed by atoms with Crippen LogP contribution in [0.1, 0.15) is 32.6 Å². The molecule has 2 heterocycles. The summed E-state index contributed by atoms with van der Waals surface area (Å²) in [5.41, 5.74) is 0. The molecule has 0 bridgehead atoms. The van der Waals surface area contributed by atoms with Crippen LogP contribution in [0.4, 0.5) is 0 Å². The minimum Gasteiger partial charge on any atom is -0.356 e. The first-order valence-electron chi connectivity index (χ1n) is 8.45. The molecule has 2 rings (SSSR count). The van der Waals surface area contributed by atoms with Gasteiger partial charge in [0.1, 0.15) is 0 Å². The van der Waals surface area contributed by atoms with E-state index in [2.05, 4.69) is 32.5 Å². The molecular weight excluding hydrogens is 403 g/mol. The highest BCUT2D eigenvalue weighted by Crippen LogP contribution is 2.15. The summed E-state index contributed by atoms with van der Waals surface area (Å²) in [5.74, 6) is 0.874. The van der Waals surface area contributed by atoms with Crippen LogP contribution in [0.15, 0.2) is 23.5 Å². The predicted molar refractivity (Wildman–Crippen MR) is 107 cm³/mol. The summed E-state index contributed by atoms with van der Waals surface area (Å²) in [4.78, 5) is 6.87. The van der Waals surface area contributed by atoms with Crippen LogP contribution >= 0.6 is 24.0 Å². The first kappa shape index (κ1) is 20.2. The molecule has 1 fully saturated rings. The van der Waals surface area contributed by atoms with Crippen molar-refractivity contribution < 1.29 is 0 Å². The maximum atomic E-state index is 4.26. The fourth-order valence-corrected chi connectivity index (χ4v) is 2.92. The van der Waals surface area contributed by atoms with E-state index in [1.54, 1.807) is 6.20 Å². The maximum absolute atomic E-state index is 4.26. The summed E-state index contributed by atoms with van der Waals surface area (Å²) in [5, 5.41) is 10.9. The molecule has 7 heteroatoms. The van der Waals surface area contributed by atoms with E-state index in [0.29, 0.717) is 0 Å². The van der Waals surface area contributed by atoms with Crippen molar-refractivity contribution in [1.29, 1.82) is 0 Å². The van der Waals surface area contributed by atoms with Gasteiger partial charge in [-0.3, -0.25) is 9.67 Å². The van der Waals surface area contributed by atoms with Crippen LogP contribution in [0.2, 0.25) is 0 Å². The van der Waals surface area contributed by atoms with Crippen LogP contribution in [0.3, 0.4) is 0 Å². The molecule has 23 heavy (non-hydrogen) atoms. The van der Waals surface area contributed by atoms with Crippen LogP contribution in [-0.2, 0) is 6.54 Å². The molecule has 6 nitrogen and oxygen atoms in total. The largest absolute Gasteiger partial charge is 0.356 e. The van der Waals surface area contributed by atoms with Crippen LogP contribution < -0.4 is 10.6 Å². The SMILES string of the molecule is CN=C(NCCCN1CCCCC1C)NCCn1cccn1.I. The van der Waals surface area contributed by atoms with Crippen molar-refractivity contribution in [3.63, 3.8) is 0 Å². The van der Waals surface area contributed by atoms with E-state index >= 15 is 0 Å². The number of likely N-dealkylation sites (tertiary alicyclic amines) is 1. The molecule has 0 amide bonds. The molecule has 0 radical (unpaired) electrons. The Kier molecular flexibility index (Phi) is 10.3. The van der Waals surface area contributed by atoms with E-state index in [1.165, 1.54) is 32.4 Å². The molecule has 0 spiro atoms. The molecule has 1 aromatic heterocycles. The molecule has 1 aliphatic heterocycles. The van der Waals surface area contributed by atoms with E-state index < -0.39 is 0 Å². The lowest BCUT2D eigenvalue weighted by atomic mass is 10.0. The summed E-state index contributed by atoms with van der Waals surface area (Å²) in [7, 11) is 1.82. The molecule has 1 atom stereocenters. The van der Waals surface area contributed by atoms with Crippen molar-refractivity contribution in [2.24, 2.45) is 4.99 Å². The van der Waals surface area contributed by atoms with E-state index in [9.17, 15) is 0 Å². The third kappa shape index (κ3) is 7.52. The zero-order valence-electron chi connectivity index (χ0n) is 14.4. The predicted octanol–water partition coefficient (Wildman–Crippen LogP) is 1.93. The lowest BCUT2D eigenvalue weighted by molar-refractivity contribution is 0.159. The summed E-state index contributed by atoms with van der Waals surface area (Å²) in [6.45, 7) is 7.42. The van der Waals surface area contributed by atoms with E-state index in [4.69, 9.17) is 0 Å². The zero-order valence-corrected chi connectivity index (χ0v) is 16.7. The van der Waals surface area contributed by atoms with Crippen molar-refractivity contribution in [1.82, 2.24) is 25.3 Å². The molecule has 0 aliphatic carbocycles. The van der Waals surface area contributed by atoms with Crippen LogP contribution in [-0.4, -0.2) is 59.9 Å². The molecule has 1 saturated heterocycles. The quantitative estimate of drug-likeness (QED) is 0.298. The fraction of sp³-hybridized carbons (Fsp3) is 0.750. The van der Waals surface area contributed by atoms with Crippen LogP contribution in [0, 0.1) is 0 Å². The van der Waals surface area contributed by atoms with Gasteiger partial charge in [0.2, 0.25) is 0 Å². The first-order chi connectivity index (χ1) is 10.8. The normalized spacial score (nSPS) is 19.2. The third-order valence-electron chi connectivity index (χ3n) is 4.27. The van der Waals surface area contributed by atoms with Crippen LogP contribution in [0.25, 0.3) is 0 Å². The number of halogens is 1. The van der Waals surface area contributed by atoms with Crippen molar-refractivity contribution in [2.75, 3.05) is 33.2 Å². The van der Waals surface area contributed by atoms with Gasteiger partial charge in [-0.05, 0) is 38.8 Å². The maximum Gasteiger partial charge on any atom is 0.191 e.